The number of aliphatic hydroxyl groups is 2. The lowest BCUT2D eigenvalue weighted by Gasteiger charge is -2.15. The van der Waals surface area contributed by atoms with Crippen molar-refractivity contribution in [1.82, 2.24) is 10.9 Å². The number of aliphatic hydroxyl groups excluding tert-OH is 2. The lowest BCUT2D eigenvalue weighted by atomic mass is 10.1. The Kier molecular flexibility index (Phi) is 9.18. The molecule has 0 aliphatic heterocycles. The maximum Gasteiger partial charge on any atom is 0.234 e. The Labute approximate surface area is 97.2 Å². The summed E-state index contributed by atoms with van der Waals surface area (Å²) in [7, 11) is 0. The number of carbonyl (C=O) groups excluding carboxylic acids is 1. The van der Waals surface area contributed by atoms with Gasteiger partial charge in [0.25, 0.3) is 0 Å². The van der Waals surface area contributed by atoms with Gasteiger partial charge in [-0.05, 0) is 25.7 Å². The first-order valence-corrected chi connectivity index (χ1v) is 5.97. The first kappa shape index (κ1) is 15.3. The minimum atomic E-state index is -0.709. The number of hydrogen-bond acceptors (Lipinski definition) is 4. The standard InChI is InChI=1S/C11H24N2O3/c1-3-9(4-2)12-13-11(16)7-5-6-10(15)8-14/h9-10,12,14-15H,3-8H2,1-2H3,(H,13,16)/t10-/m0/s1. The molecule has 0 fully saturated rings. The zero-order valence-electron chi connectivity index (χ0n) is 10.2. The van der Waals surface area contributed by atoms with Gasteiger partial charge in [0.05, 0.1) is 12.7 Å². The van der Waals surface area contributed by atoms with Crippen molar-refractivity contribution in [3.63, 3.8) is 0 Å². The van der Waals surface area contributed by atoms with Crippen LogP contribution in [0.4, 0.5) is 0 Å². The predicted octanol–water partition coefficient (Wildman–Crippen LogP) is 0.319. The molecule has 0 bridgehead atoms. The van der Waals surface area contributed by atoms with Crippen molar-refractivity contribution in [2.24, 2.45) is 0 Å². The molecule has 0 saturated carbocycles. The molecule has 1 atom stereocenters. The summed E-state index contributed by atoms with van der Waals surface area (Å²) in [6, 6.07) is 0.312. The van der Waals surface area contributed by atoms with E-state index in [1.54, 1.807) is 0 Å². The first-order valence-electron chi connectivity index (χ1n) is 5.97. The van der Waals surface area contributed by atoms with Crippen LogP contribution in [-0.2, 0) is 4.79 Å². The minimum absolute atomic E-state index is 0.0722. The van der Waals surface area contributed by atoms with E-state index >= 15 is 0 Å². The molecule has 0 aliphatic rings. The largest absolute Gasteiger partial charge is 0.394 e. The summed E-state index contributed by atoms with van der Waals surface area (Å²) in [5.74, 6) is -0.0722. The molecule has 0 spiro atoms. The molecule has 16 heavy (non-hydrogen) atoms. The summed E-state index contributed by atoms with van der Waals surface area (Å²) in [5, 5.41) is 17.6. The fraction of sp³-hybridized carbons (Fsp3) is 0.909. The Morgan fingerprint density at radius 2 is 1.94 bits per heavy atom. The average Bonchev–Trinajstić information content (AvgIpc) is 2.30. The lowest BCUT2D eigenvalue weighted by molar-refractivity contribution is -0.122. The van der Waals surface area contributed by atoms with E-state index in [2.05, 4.69) is 24.7 Å². The molecule has 5 heteroatoms. The number of amides is 1. The normalized spacial score (nSPS) is 12.8. The molecule has 1 amide bonds. The van der Waals surface area contributed by atoms with Crippen LogP contribution < -0.4 is 10.9 Å². The Hall–Kier alpha value is -0.650. The maximum atomic E-state index is 11.3. The van der Waals surface area contributed by atoms with E-state index in [1.165, 1.54) is 0 Å². The fourth-order valence-electron chi connectivity index (χ4n) is 1.33. The highest BCUT2D eigenvalue weighted by molar-refractivity contribution is 5.75. The molecule has 0 unspecified atom stereocenters. The molecule has 96 valence electrons. The summed E-state index contributed by atoms with van der Waals surface area (Å²) in [6.07, 6.45) is 2.64. The van der Waals surface area contributed by atoms with E-state index in [0.717, 1.165) is 12.8 Å². The van der Waals surface area contributed by atoms with Crippen molar-refractivity contribution in [2.45, 2.75) is 58.1 Å². The van der Waals surface area contributed by atoms with E-state index in [4.69, 9.17) is 10.2 Å². The van der Waals surface area contributed by atoms with Gasteiger partial charge in [-0.1, -0.05) is 13.8 Å². The Balaban J connectivity index is 3.51. The molecule has 0 rings (SSSR count). The van der Waals surface area contributed by atoms with Crippen LogP contribution in [0.15, 0.2) is 0 Å². The van der Waals surface area contributed by atoms with Gasteiger partial charge in [-0.25, -0.2) is 5.43 Å². The summed E-state index contributed by atoms with van der Waals surface area (Å²) < 4.78 is 0. The van der Waals surface area contributed by atoms with Gasteiger partial charge >= 0.3 is 0 Å². The molecule has 0 radical (unpaired) electrons. The van der Waals surface area contributed by atoms with Crippen LogP contribution >= 0.6 is 0 Å². The maximum absolute atomic E-state index is 11.3. The van der Waals surface area contributed by atoms with Crippen molar-refractivity contribution in [2.75, 3.05) is 6.61 Å². The Morgan fingerprint density at radius 3 is 2.44 bits per heavy atom. The zero-order chi connectivity index (χ0) is 12.4. The lowest BCUT2D eigenvalue weighted by Crippen LogP contribution is -2.43. The third-order valence-corrected chi connectivity index (χ3v) is 2.55. The summed E-state index contributed by atoms with van der Waals surface area (Å²) >= 11 is 0. The summed E-state index contributed by atoms with van der Waals surface area (Å²) in [6.45, 7) is 3.88. The highest BCUT2D eigenvalue weighted by atomic mass is 16.3. The fourth-order valence-corrected chi connectivity index (χ4v) is 1.33. The highest BCUT2D eigenvalue weighted by Gasteiger charge is 2.07. The topological polar surface area (TPSA) is 81.6 Å². The van der Waals surface area contributed by atoms with Gasteiger partial charge in [-0.3, -0.25) is 10.2 Å². The minimum Gasteiger partial charge on any atom is -0.394 e. The van der Waals surface area contributed by atoms with Gasteiger partial charge < -0.3 is 10.2 Å². The van der Waals surface area contributed by atoms with E-state index in [1.807, 2.05) is 0 Å². The number of hydrogen-bond donors (Lipinski definition) is 4. The van der Waals surface area contributed by atoms with Gasteiger partial charge in [-0.15, -0.1) is 0 Å². The summed E-state index contributed by atoms with van der Waals surface area (Å²) in [4.78, 5) is 11.3. The molecule has 0 aliphatic carbocycles. The highest BCUT2D eigenvalue weighted by Crippen LogP contribution is 2.00. The number of carbonyl (C=O) groups is 1. The van der Waals surface area contributed by atoms with Gasteiger partial charge in [0.15, 0.2) is 0 Å². The molecule has 4 N–H and O–H groups in total. The van der Waals surface area contributed by atoms with Crippen molar-refractivity contribution in [3.05, 3.63) is 0 Å². The van der Waals surface area contributed by atoms with Gasteiger partial charge in [0, 0.05) is 12.5 Å². The second-order valence-corrected chi connectivity index (χ2v) is 3.93. The molecule has 0 heterocycles. The van der Waals surface area contributed by atoms with Crippen LogP contribution in [0.5, 0.6) is 0 Å². The van der Waals surface area contributed by atoms with Gasteiger partial charge in [0.2, 0.25) is 5.91 Å². The van der Waals surface area contributed by atoms with Crippen LogP contribution in [0.1, 0.15) is 46.0 Å². The van der Waals surface area contributed by atoms with E-state index in [9.17, 15) is 4.79 Å². The van der Waals surface area contributed by atoms with E-state index in [0.29, 0.717) is 25.3 Å². The molecular weight excluding hydrogens is 208 g/mol. The van der Waals surface area contributed by atoms with Crippen molar-refractivity contribution in [3.8, 4) is 0 Å². The van der Waals surface area contributed by atoms with Crippen molar-refractivity contribution >= 4 is 5.91 Å². The third kappa shape index (κ3) is 7.62. The molecule has 0 saturated heterocycles. The molecule has 0 aromatic carbocycles. The molecular formula is C11H24N2O3. The first-order chi connectivity index (χ1) is 7.63. The summed E-state index contributed by atoms with van der Waals surface area (Å²) in [5.41, 5.74) is 5.60. The third-order valence-electron chi connectivity index (χ3n) is 2.55. The number of rotatable bonds is 9. The van der Waals surface area contributed by atoms with Crippen LogP contribution in [-0.4, -0.2) is 34.9 Å². The van der Waals surface area contributed by atoms with Crippen LogP contribution in [0.2, 0.25) is 0 Å². The smallest absolute Gasteiger partial charge is 0.234 e. The van der Waals surface area contributed by atoms with Gasteiger partial charge in [0.1, 0.15) is 0 Å². The quantitative estimate of drug-likeness (QED) is 0.432. The Bertz CT molecular complexity index is 184. The number of nitrogens with one attached hydrogen (secondary N) is 2. The van der Waals surface area contributed by atoms with Crippen LogP contribution in [0, 0.1) is 0 Å². The average molecular weight is 232 g/mol. The number of hydrazine groups is 1. The molecule has 0 aromatic rings. The molecule has 0 aromatic heterocycles. The van der Waals surface area contributed by atoms with Gasteiger partial charge in [-0.2, -0.15) is 0 Å². The Morgan fingerprint density at radius 1 is 1.31 bits per heavy atom. The van der Waals surface area contributed by atoms with Crippen molar-refractivity contribution < 1.29 is 15.0 Å². The van der Waals surface area contributed by atoms with Crippen LogP contribution in [0.25, 0.3) is 0 Å². The van der Waals surface area contributed by atoms with E-state index in [-0.39, 0.29) is 12.5 Å². The second kappa shape index (κ2) is 9.57. The van der Waals surface area contributed by atoms with Crippen molar-refractivity contribution in [1.29, 1.82) is 0 Å². The molecule has 5 nitrogen and oxygen atoms in total. The predicted molar refractivity (Wildman–Crippen MR) is 62.6 cm³/mol. The van der Waals surface area contributed by atoms with E-state index < -0.39 is 6.10 Å². The second-order valence-electron chi connectivity index (χ2n) is 3.93. The zero-order valence-corrected chi connectivity index (χ0v) is 10.2. The van der Waals surface area contributed by atoms with Crippen LogP contribution in [0.3, 0.4) is 0 Å². The SMILES string of the molecule is CCC(CC)NNC(=O)CCC[C@H](O)CO. The monoisotopic (exact) mass is 232 g/mol.